The monoisotopic (exact) mass is 259 g/mol. The second kappa shape index (κ2) is 5.26. The van der Waals surface area contributed by atoms with Crippen molar-refractivity contribution in [3.05, 3.63) is 35.4 Å². The van der Waals surface area contributed by atoms with Crippen molar-refractivity contribution in [2.24, 2.45) is 11.8 Å². The van der Waals surface area contributed by atoms with Crippen molar-refractivity contribution in [3.63, 3.8) is 0 Å². The number of hydrogen-bond donors (Lipinski definition) is 1. The van der Waals surface area contributed by atoms with Gasteiger partial charge in [-0.25, -0.2) is 0 Å². The Hall–Kier alpha value is -0.860. The predicted molar refractivity (Wildman–Crippen MR) is 78.0 cm³/mol. The van der Waals surface area contributed by atoms with Crippen molar-refractivity contribution in [3.8, 4) is 0 Å². The minimum Gasteiger partial charge on any atom is -0.387 e. The van der Waals surface area contributed by atoms with E-state index in [2.05, 4.69) is 36.9 Å². The average Bonchev–Trinajstić information content (AvgIpc) is 2.77. The summed E-state index contributed by atoms with van der Waals surface area (Å²) in [6, 6.07) is 8.68. The van der Waals surface area contributed by atoms with Gasteiger partial charge in [0.25, 0.3) is 0 Å². The van der Waals surface area contributed by atoms with Gasteiger partial charge in [0.05, 0.1) is 6.10 Å². The molecule has 1 fully saturated rings. The summed E-state index contributed by atoms with van der Waals surface area (Å²) in [6.45, 7) is 6.97. The maximum Gasteiger partial charge on any atom is 0.0951 e. The van der Waals surface area contributed by atoms with Crippen LogP contribution in [0.15, 0.2) is 24.3 Å². The molecule has 1 saturated heterocycles. The fraction of sp³-hybridized carbons (Fsp3) is 0.647. The van der Waals surface area contributed by atoms with E-state index in [4.69, 9.17) is 0 Å². The van der Waals surface area contributed by atoms with Gasteiger partial charge in [-0.05, 0) is 55.3 Å². The van der Waals surface area contributed by atoms with Crippen molar-refractivity contribution in [2.45, 2.75) is 45.3 Å². The molecular weight excluding hydrogens is 234 g/mol. The van der Waals surface area contributed by atoms with Crippen LogP contribution in [0, 0.1) is 11.8 Å². The van der Waals surface area contributed by atoms with Crippen LogP contribution in [-0.2, 0) is 6.42 Å². The third kappa shape index (κ3) is 2.44. The highest BCUT2D eigenvalue weighted by molar-refractivity contribution is 5.35. The largest absolute Gasteiger partial charge is 0.387 e. The Labute approximate surface area is 116 Å². The Morgan fingerprint density at radius 3 is 2.47 bits per heavy atom. The van der Waals surface area contributed by atoms with E-state index >= 15 is 0 Å². The smallest absolute Gasteiger partial charge is 0.0951 e. The van der Waals surface area contributed by atoms with E-state index in [1.807, 2.05) is 6.07 Å². The fourth-order valence-electron chi connectivity index (χ4n) is 3.80. The SMILES string of the molecule is CC(C)C1CCN(C2Cc3ccccc3C2O)CC1. The normalized spacial score (nSPS) is 28.8. The topological polar surface area (TPSA) is 23.5 Å². The van der Waals surface area contributed by atoms with Gasteiger partial charge in [0, 0.05) is 6.04 Å². The molecule has 2 aliphatic rings. The molecule has 0 amide bonds. The number of piperidine rings is 1. The standard InChI is InChI=1S/C17H25NO/c1-12(2)13-7-9-18(10-8-13)16-11-14-5-3-4-6-15(14)17(16)19/h3-6,12-13,16-17,19H,7-11H2,1-2H3. The fourth-order valence-corrected chi connectivity index (χ4v) is 3.80. The molecule has 2 heteroatoms. The van der Waals surface area contributed by atoms with Gasteiger partial charge in [-0.2, -0.15) is 0 Å². The first-order valence-corrected chi connectivity index (χ1v) is 7.66. The lowest BCUT2D eigenvalue weighted by molar-refractivity contribution is 0.0338. The molecule has 0 saturated carbocycles. The third-order valence-corrected chi connectivity index (χ3v) is 5.15. The van der Waals surface area contributed by atoms with Crippen molar-refractivity contribution in [1.29, 1.82) is 0 Å². The molecule has 104 valence electrons. The number of aliphatic hydroxyl groups is 1. The molecular formula is C17H25NO. The van der Waals surface area contributed by atoms with Crippen LogP contribution in [0.4, 0.5) is 0 Å². The number of hydrogen-bond acceptors (Lipinski definition) is 2. The second-order valence-electron chi connectivity index (χ2n) is 6.53. The summed E-state index contributed by atoms with van der Waals surface area (Å²) in [5.74, 6) is 1.67. The highest BCUT2D eigenvalue weighted by Crippen LogP contribution is 2.36. The highest BCUT2D eigenvalue weighted by atomic mass is 16.3. The lowest BCUT2D eigenvalue weighted by Gasteiger charge is -2.38. The van der Waals surface area contributed by atoms with Crippen LogP contribution < -0.4 is 0 Å². The number of fused-ring (bicyclic) bond motifs is 1. The van der Waals surface area contributed by atoms with E-state index in [0.717, 1.165) is 36.9 Å². The zero-order chi connectivity index (χ0) is 13.4. The van der Waals surface area contributed by atoms with Crippen LogP contribution >= 0.6 is 0 Å². The predicted octanol–water partition coefficient (Wildman–Crippen LogP) is 3.01. The molecule has 0 radical (unpaired) electrons. The molecule has 19 heavy (non-hydrogen) atoms. The minimum absolute atomic E-state index is 0.285. The van der Waals surface area contributed by atoms with Crippen LogP contribution in [0.2, 0.25) is 0 Å². The number of rotatable bonds is 2. The zero-order valence-electron chi connectivity index (χ0n) is 12.0. The summed E-state index contributed by atoms with van der Waals surface area (Å²) in [6.07, 6.45) is 3.31. The molecule has 1 N–H and O–H groups in total. The van der Waals surface area contributed by atoms with E-state index < -0.39 is 0 Å². The van der Waals surface area contributed by atoms with Crippen molar-refractivity contribution in [1.82, 2.24) is 4.90 Å². The third-order valence-electron chi connectivity index (χ3n) is 5.15. The molecule has 3 rings (SSSR count). The maximum atomic E-state index is 10.5. The Bertz CT molecular complexity index is 435. The van der Waals surface area contributed by atoms with E-state index in [0.29, 0.717) is 6.04 Å². The van der Waals surface area contributed by atoms with E-state index in [1.165, 1.54) is 18.4 Å². The van der Waals surface area contributed by atoms with Crippen LogP contribution in [-0.4, -0.2) is 29.1 Å². The van der Waals surface area contributed by atoms with Crippen LogP contribution in [0.3, 0.4) is 0 Å². The molecule has 1 heterocycles. The molecule has 0 bridgehead atoms. The van der Waals surface area contributed by atoms with Gasteiger partial charge in [-0.1, -0.05) is 38.1 Å². The van der Waals surface area contributed by atoms with Gasteiger partial charge in [-0.15, -0.1) is 0 Å². The average molecular weight is 259 g/mol. The Kier molecular flexibility index (Phi) is 3.64. The Morgan fingerprint density at radius 1 is 1.16 bits per heavy atom. The van der Waals surface area contributed by atoms with Crippen molar-refractivity contribution >= 4 is 0 Å². The Morgan fingerprint density at radius 2 is 1.84 bits per heavy atom. The molecule has 0 spiro atoms. The summed E-state index contributed by atoms with van der Waals surface area (Å²) in [5.41, 5.74) is 2.49. The van der Waals surface area contributed by atoms with Gasteiger partial charge in [0.1, 0.15) is 0 Å². The summed E-state index contributed by atoms with van der Waals surface area (Å²) in [4.78, 5) is 2.52. The van der Waals surface area contributed by atoms with Crippen molar-refractivity contribution in [2.75, 3.05) is 13.1 Å². The van der Waals surface area contributed by atoms with E-state index in [1.54, 1.807) is 0 Å². The Balaban J connectivity index is 1.67. The van der Waals surface area contributed by atoms with E-state index in [-0.39, 0.29) is 6.10 Å². The molecule has 2 unspecified atom stereocenters. The maximum absolute atomic E-state index is 10.5. The van der Waals surface area contributed by atoms with Crippen LogP contribution in [0.1, 0.15) is 43.9 Å². The van der Waals surface area contributed by atoms with Gasteiger partial charge in [0.15, 0.2) is 0 Å². The molecule has 1 aliphatic heterocycles. The van der Waals surface area contributed by atoms with Crippen LogP contribution in [0.5, 0.6) is 0 Å². The molecule has 2 nitrogen and oxygen atoms in total. The lowest BCUT2D eigenvalue weighted by atomic mass is 9.86. The first-order chi connectivity index (χ1) is 9.16. The summed E-state index contributed by atoms with van der Waals surface area (Å²) in [7, 11) is 0. The van der Waals surface area contributed by atoms with Gasteiger partial charge < -0.3 is 5.11 Å². The van der Waals surface area contributed by atoms with Gasteiger partial charge in [0.2, 0.25) is 0 Å². The minimum atomic E-state index is -0.285. The summed E-state index contributed by atoms with van der Waals surface area (Å²) in [5, 5.41) is 10.5. The lowest BCUT2D eigenvalue weighted by Crippen LogP contribution is -2.44. The molecule has 2 atom stereocenters. The van der Waals surface area contributed by atoms with E-state index in [9.17, 15) is 5.11 Å². The first-order valence-electron chi connectivity index (χ1n) is 7.66. The zero-order valence-corrected chi connectivity index (χ0v) is 12.0. The number of likely N-dealkylation sites (tertiary alicyclic amines) is 1. The van der Waals surface area contributed by atoms with Crippen molar-refractivity contribution < 1.29 is 5.11 Å². The highest BCUT2D eigenvalue weighted by Gasteiger charge is 2.36. The number of benzene rings is 1. The number of aliphatic hydroxyl groups excluding tert-OH is 1. The molecule has 1 aromatic rings. The molecule has 1 aromatic carbocycles. The van der Waals surface area contributed by atoms with Gasteiger partial charge in [-0.3, -0.25) is 4.90 Å². The molecule has 1 aliphatic carbocycles. The summed E-state index contributed by atoms with van der Waals surface area (Å²) < 4.78 is 0. The first kappa shape index (κ1) is 13.1. The summed E-state index contributed by atoms with van der Waals surface area (Å²) >= 11 is 0. The quantitative estimate of drug-likeness (QED) is 0.882. The van der Waals surface area contributed by atoms with Gasteiger partial charge >= 0.3 is 0 Å². The second-order valence-corrected chi connectivity index (χ2v) is 6.53. The number of nitrogens with zero attached hydrogens (tertiary/aromatic N) is 1. The van der Waals surface area contributed by atoms with Crippen LogP contribution in [0.25, 0.3) is 0 Å². The molecule has 0 aromatic heterocycles.